The molecule has 0 aliphatic rings. The van der Waals surface area contributed by atoms with Gasteiger partial charge in [-0.25, -0.2) is 12.8 Å². The molecule has 0 amide bonds. The van der Waals surface area contributed by atoms with Gasteiger partial charge >= 0.3 is 0 Å². The minimum absolute atomic E-state index is 0.208. The van der Waals surface area contributed by atoms with Crippen molar-refractivity contribution in [3.63, 3.8) is 0 Å². The Balaban J connectivity index is 1.80. The van der Waals surface area contributed by atoms with E-state index in [4.69, 9.17) is 0 Å². The lowest BCUT2D eigenvalue weighted by atomic mass is 9.97. The van der Waals surface area contributed by atoms with Crippen LogP contribution in [-0.2, 0) is 22.7 Å². The van der Waals surface area contributed by atoms with Crippen LogP contribution in [0.1, 0.15) is 11.1 Å². The molecule has 0 fully saturated rings. The summed E-state index contributed by atoms with van der Waals surface area (Å²) in [6.07, 6.45) is 3.87. The third kappa shape index (κ3) is 4.68. The molecule has 32 heavy (non-hydrogen) atoms. The SMILES string of the molecule is CS(=O)(=O)c1ccc(-c2cnn(-c3ccc(F)cc3)c(=O)c2CCc2ccccc2)cc1. The van der Waals surface area contributed by atoms with Gasteiger partial charge in [-0.15, -0.1) is 0 Å². The molecule has 0 aliphatic carbocycles. The summed E-state index contributed by atoms with van der Waals surface area (Å²) in [5, 5.41) is 4.30. The summed E-state index contributed by atoms with van der Waals surface area (Å²) in [5.74, 6) is -0.395. The number of benzene rings is 3. The third-order valence-electron chi connectivity index (χ3n) is 5.25. The molecule has 0 bridgehead atoms. The topological polar surface area (TPSA) is 69.0 Å². The molecule has 7 heteroatoms. The Hall–Kier alpha value is -3.58. The molecule has 0 spiro atoms. The molecule has 0 N–H and O–H groups in total. The Morgan fingerprint density at radius 2 is 1.53 bits per heavy atom. The smallest absolute Gasteiger partial charge is 0.267 e. The monoisotopic (exact) mass is 448 g/mol. The van der Waals surface area contributed by atoms with Gasteiger partial charge in [0.2, 0.25) is 0 Å². The number of aromatic nitrogens is 2. The molecule has 0 unspecified atom stereocenters. The normalized spacial score (nSPS) is 11.4. The van der Waals surface area contributed by atoms with E-state index < -0.39 is 15.7 Å². The molecule has 0 saturated heterocycles. The number of rotatable bonds is 6. The van der Waals surface area contributed by atoms with Crippen LogP contribution in [0.25, 0.3) is 16.8 Å². The maximum atomic E-state index is 13.4. The quantitative estimate of drug-likeness (QED) is 0.443. The Morgan fingerprint density at radius 1 is 0.875 bits per heavy atom. The van der Waals surface area contributed by atoms with E-state index in [2.05, 4.69) is 5.10 Å². The minimum Gasteiger partial charge on any atom is -0.267 e. The van der Waals surface area contributed by atoms with E-state index in [-0.39, 0.29) is 10.5 Å². The number of aryl methyl sites for hydroxylation is 1. The fourth-order valence-corrected chi connectivity index (χ4v) is 4.17. The first-order valence-corrected chi connectivity index (χ1v) is 11.9. The summed E-state index contributed by atoms with van der Waals surface area (Å²) in [6.45, 7) is 0. The number of sulfone groups is 1. The van der Waals surface area contributed by atoms with Crippen molar-refractivity contribution in [3.8, 4) is 16.8 Å². The Labute approximate surface area is 185 Å². The summed E-state index contributed by atoms with van der Waals surface area (Å²) in [6, 6.07) is 21.8. The molecule has 3 aromatic carbocycles. The van der Waals surface area contributed by atoms with Crippen molar-refractivity contribution in [2.24, 2.45) is 0 Å². The molecular formula is C25H21FN2O3S. The second kappa shape index (κ2) is 8.88. The van der Waals surface area contributed by atoms with E-state index in [9.17, 15) is 17.6 Å². The maximum absolute atomic E-state index is 13.4. The lowest BCUT2D eigenvalue weighted by Crippen LogP contribution is -2.26. The van der Waals surface area contributed by atoms with Crippen LogP contribution in [0.2, 0.25) is 0 Å². The predicted octanol–water partition coefficient (Wildman–Crippen LogP) is 4.23. The number of hydrogen-bond acceptors (Lipinski definition) is 4. The fourth-order valence-electron chi connectivity index (χ4n) is 3.54. The zero-order valence-electron chi connectivity index (χ0n) is 17.4. The van der Waals surface area contributed by atoms with Gasteiger partial charge in [-0.2, -0.15) is 9.78 Å². The van der Waals surface area contributed by atoms with E-state index in [0.29, 0.717) is 35.2 Å². The average Bonchev–Trinajstić information content (AvgIpc) is 2.79. The minimum atomic E-state index is -3.32. The molecule has 0 atom stereocenters. The molecule has 1 heterocycles. The average molecular weight is 449 g/mol. The molecule has 4 rings (SSSR count). The highest BCUT2D eigenvalue weighted by molar-refractivity contribution is 7.90. The Bertz CT molecular complexity index is 1400. The highest BCUT2D eigenvalue weighted by Gasteiger charge is 2.15. The van der Waals surface area contributed by atoms with Crippen LogP contribution in [-0.4, -0.2) is 24.5 Å². The van der Waals surface area contributed by atoms with Gasteiger partial charge in [0, 0.05) is 17.4 Å². The predicted molar refractivity (Wildman–Crippen MR) is 122 cm³/mol. The summed E-state index contributed by atoms with van der Waals surface area (Å²) in [5.41, 5.74) is 3.17. The standard InChI is InChI=1S/C25H21FN2O3S/c1-32(30,31)22-14-8-19(9-15-22)24-17-27-28(21-12-10-20(26)11-13-21)25(29)23(24)16-7-18-5-3-2-4-6-18/h2-6,8-15,17H,7,16H2,1H3. The van der Waals surface area contributed by atoms with Crippen molar-refractivity contribution in [1.29, 1.82) is 0 Å². The van der Waals surface area contributed by atoms with Crippen LogP contribution in [0.4, 0.5) is 4.39 Å². The summed E-state index contributed by atoms with van der Waals surface area (Å²) < 4.78 is 38.2. The largest absolute Gasteiger partial charge is 0.275 e. The van der Waals surface area contributed by atoms with Crippen LogP contribution < -0.4 is 5.56 Å². The van der Waals surface area contributed by atoms with Gasteiger partial charge in [0.15, 0.2) is 9.84 Å². The van der Waals surface area contributed by atoms with Gasteiger partial charge in [-0.1, -0.05) is 42.5 Å². The summed E-state index contributed by atoms with van der Waals surface area (Å²) >= 11 is 0. The molecular weight excluding hydrogens is 427 g/mol. The second-order valence-electron chi connectivity index (χ2n) is 7.51. The van der Waals surface area contributed by atoms with Gasteiger partial charge < -0.3 is 0 Å². The van der Waals surface area contributed by atoms with E-state index in [1.54, 1.807) is 18.3 Å². The number of halogens is 1. The van der Waals surface area contributed by atoms with Crippen LogP contribution >= 0.6 is 0 Å². The van der Waals surface area contributed by atoms with Gasteiger partial charge in [-0.3, -0.25) is 4.79 Å². The molecule has 5 nitrogen and oxygen atoms in total. The van der Waals surface area contributed by atoms with E-state index >= 15 is 0 Å². The van der Waals surface area contributed by atoms with Crippen molar-refractivity contribution in [1.82, 2.24) is 9.78 Å². The molecule has 4 aromatic rings. The Kier molecular flexibility index (Phi) is 6.01. The molecule has 0 aliphatic heterocycles. The highest BCUT2D eigenvalue weighted by Crippen LogP contribution is 2.24. The molecule has 0 saturated carbocycles. The summed E-state index contributed by atoms with van der Waals surface area (Å²) in [4.78, 5) is 13.6. The van der Waals surface area contributed by atoms with E-state index in [1.807, 2.05) is 30.3 Å². The van der Waals surface area contributed by atoms with Crippen molar-refractivity contribution in [2.75, 3.05) is 6.26 Å². The van der Waals surface area contributed by atoms with Gasteiger partial charge in [0.05, 0.1) is 16.8 Å². The first-order chi connectivity index (χ1) is 15.3. The maximum Gasteiger partial charge on any atom is 0.275 e. The lowest BCUT2D eigenvalue weighted by molar-refractivity contribution is 0.602. The van der Waals surface area contributed by atoms with Crippen LogP contribution in [0.3, 0.4) is 0 Å². The third-order valence-corrected chi connectivity index (χ3v) is 6.38. The van der Waals surface area contributed by atoms with Crippen molar-refractivity contribution >= 4 is 9.84 Å². The van der Waals surface area contributed by atoms with Crippen molar-refractivity contribution in [3.05, 3.63) is 112 Å². The molecule has 0 radical (unpaired) electrons. The van der Waals surface area contributed by atoms with E-state index in [1.165, 1.54) is 41.1 Å². The fraction of sp³-hybridized carbons (Fsp3) is 0.120. The van der Waals surface area contributed by atoms with Gasteiger partial charge in [-0.05, 0) is 60.4 Å². The number of hydrogen-bond donors (Lipinski definition) is 0. The Morgan fingerprint density at radius 3 is 2.16 bits per heavy atom. The van der Waals surface area contributed by atoms with Crippen LogP contribution in [0, 0.1) is 5.82 Å². The molecule has 162 valence electrons. The van der Waals surface area contributed by atoms with Crippen LogP contribution in [0.15, 0.2) is 94.7 Å². The van der Waals surface area contributed by atoms with Crippen molar-refractivity contribution in [2.45, 2.75) is 17.7 Å². The van der Waals surface area contributed by atoms with Gasteiger partial charge in [0.25, 0.3) is 5.56 Å². The van der Waals surface area contributed by atoms with Crippen LogP contribution in [0.5, 0.6) is 0 Å². The van der Waals surface area contributed by atoms with E-state index in [0.717, 1.165) is 11.8 Å². The zero-order chi connectivity index (χ0) is 22.7. The zero-order valence-corrected chi connectivity index (χ0v) is 18.2. The van der Waals surface area contributed by atoms with Crippen molar-refractivity contribution < 1.29 is 12.8 Å². The first-order valence-electron chi connectivity index (χ1n) is 10.0. The van der Waals surface area contributed by atoms with Gasteiger partial charge in [0.1, 0.15) is 5.82 Å². The number of nitrogens with zero attached hydrogens (tertiary/aromatic N) is 2. The molecule has 1 aromatic heterocycles. The highest BCUT2D eigenvalue weighted by atomic mass is 32.2. The first kappa shape index (κ1) is 21.6. The lowest BCUT2D eigenvalue weighted by Gasteiger charge is -2.13. The summed E-state index contributed by atoms with van der Waals surface area (Å²) in [7, 11) is -3.32. The second-order valence-corrected chi connectivity index (χ2v) is 9.53.